The van der Waals surface area contributed by atoms with Gasteiger partial charge in [-0.3, -0.25) is 4.79 Å². The summed E-state index contributed by atoms with van der Waals surface area (Å²) in [5.74, 6) is 1.13. The topological polar surface area (TPSA) is 83.1 Å². The van der Waals surface area contributed by atoms with Gasteiger partial charge in [-0.25, -0.2) is 4.79 Å². The molecule has 0 aliphatic rings. The molecule has 0 atom stereocenters. The molecule has 0 unspecified atom stereocenters. The third-order valence-corrected chi connectivity index (χ3v) is 5.96. The maximum absolute atomic E-state index is 12.8. The van der Waals surface area contributed by atoms with E-state index in [9.17, 15) is 9.59 Å². The number of rotatable bonds is 12. The largest absolute Gasteiger partial charge is 0.494 e. The number of carbonyl (C=O) groups excluding carboxylic acids is 2. The molecule has 0 fully saturated rings. The Hall–Kier alpha value is -3.78. The molecule has 8 heteroatoms. The molecule has 1 aromatic heterocycles. The van der Waals surface area contributed by atoms with Gasteiger partial charge >= 0.3 is 5.97 Å². The molecule has 0 aliphatic carbocycles. The first-order chi connectivity index (χ1) is 17.5. The van der Waals surface area contributed by atoms with Crippen molar-refractivity contribution in [1.29, 1.82) is 0 Å². The van der Waals surface area contributed by atoms with Gasteiger partial charge < -0.3 is 24.3 Å². The number of hydrogen-bond donors (Lipinski definition) is 1. The maximum atomic E-state index is 12.8. The van der Waals surface area contributed by atoms with Crippen LogP contribution in [0.4, 0.5) is 5.00 Å². The van der Waals surface area contributed by atoms with Gasteiger partial charge in [0.2, 0.25) is 5.91 Å². The minimum atomic E-state index is -0.491. The van der Waals surface area contributed by atoms with E-state index in [-0.39, 0.29) is 12.5 Å². The van der Waals surface area contributed by atoms with E-state index in [1.54, 1.807) is 26.2 Å². The molecule has 1 N–H and O–H groups in total. The number of esters is 1. The van der Waals surface area contributed by atoms with Gasteiger partial charge in [0.05, 0.1) is 26.9 Å². The molecule has 0 spiro atoms. The molecule has 3 rings (SSSR count). The van der Waals surface area contributed by atoms with E-state index < -0.39 is 5.97 Å². The fraction of sp³-hybridized carbons (Fsp3) is 0.286. The predicted molar refractivity (Wildman–Crippen MR) is 143 cm³/mol. The van der Waals surface area contributed by atoms with Crippen LogP contribution in [0.25, 0.3) is 17.2 Å². The summed E-state index contributed by atoms with van der Waals surface area (Å²) < 4.78 is 21.8. The lowest BCUT2D eigenvalue weighted by Gasteiger charge is -2.10. The highest BCUT2D eigenvalue weighted by molar-refractivity contribution is 7.15. The van der Waals surface area contributed by atoms with Crippen molar-refractivity contribution in [2.24, 2.45) is 0 Å². The first kappa shape index (κ1) is 26.8. The van der Waals surface area contributed by atoms with Crippen LogP contribution in [0.3, 0.4) is 0 Å². The monoisotopic (exact) mass is 509 g/mol. The average molecular weight is 510 g/mol. The van der Waals surface area contributed by atoms with Crippen LogP contribution in [0, 0.1) is 0 Å². The highest BCUT2D eigenvalue weighted by Gasteiger charge is 2.22. The Labute approximate surface area is 215 Å². The van der Waals surface area contributed by atoms with E-state index in [0.29, 0.717) is 40.8 Å². The lowest BCUT2D eigenvalue weighted by molar-refractivity contribution is -0.111. The van der Waals surface area contributed by atoms with Crippen LogP contribution in [-0.4, -0.2) is 38.8 Å². The van der Waals surface area contributed by atoms with Crippen molar-refractivity contribution < 1.29 is 28.5 Å². The number of benzene rings is 2. The molecule has 36 heavy (non-hydrogen) atoms. The summed E-state index contributed by atoms with van der Waals surface area (Å²) in [5.41, 5.74) is 2.61. The maximum Gasteiger partial charge on any atom is 0.341 e. The van der Waals surface area contributed by atoms with Crippen LogP contribution in [0.15, 0.2) is 53.9 Å². The number of anilines is 1. The zero-order valence-corrected chi connectivity index (χ0v) is 21.8. The van der Waals surface area contributed by atoms with Gasteiger partial charge in [0.15, 0.2) is 11.5 Å². The smallest absolute Gasteiger partial charge is 0.341 e. The fourth-order valence-electron chi connectivity index (χ4n) is 3.41. The number of hydrogen-bond acceptors (Lipinski definition) is 7. The molecule has 0 bridgehead atoms. The normalized spacial score (nSPS) is 10.8. The summed E-state index contributed by atoms with van der Waals surface area (Å²) in [6.45, 7) is 7.08. The molecule has 0 aliphatic heterocycles. The highest BCUT2D eigenvalue weighted by Crippen LogP contribution is 2.37. The predicted octanol–water partition coefficient (Wildman–Crippen LogP) is 6.44. The molecular weight excluding hydrogens is 478 g/mol. The van der Waals surface area contributed by atoms with Gasteiger partial charge in [-0.1, -0.05) is 25.1 Å². The molecule has 1 amide bonds. The Morgan fingerprint density at radius 2 is 1.75 bits per heavy atom. The van der Waals surface area contributed by atoms with Crippen LogP contribution < -0.4 is 19.5 Å². The summed E-state index contributed by atoms with van der Waals surface area (Å²) in [4.78, 5) is 25.5. The van der Waals surface area contributed by atoms with Crippen molar-refractivity contribution in [3.05, 3.63) is 65.0 Å². The second kappa shape index (κ2) is 13.3. The van der Waals surface area contributed by atoms with Gasteiger partial charge in [-0.05, 0) is 61.7 Å². The Balaban J connectivity index is 1.80. The van der Waals surface area contributed by atoms with Crippen molar-refractivity contribution in [3.8, 4) is 28.4 Å². The quantitative estimate of drug-likeness (QED) is 0.223. The number of ether oxygens (including phenoxy) is 4. The van der Waals surface area contributed by atoms with Gasteiger partial charge in [-0.2, -0.15) is 0 Å². The summed E-state index contributed by atoms with van der Waals surface area (Å²) >= 11 is 1.27. The second-order valence-electron chi connectivity index (χ2n) is 7.61. The number of carbonyl (C=O) groups is 2. The molecule has 2 aromatic carbocycles. The van der Waals surface area contributed by atoms with E-state index in [1.807, 2.05) is 55.6 Å². The third kappa shape index (κ3) is 6.88. The lowest BCUT2D eigenvalue weighted by atomic mass is 10.0. The number of nitrogens with one attached hydrogen (secondary N) is 1. The summed E-state index contributed by atoms with van der Waals surface area (Å²) in [5, 5.41) is 5.08. The van der Waals surface area contributed by atoms with Crippen LogP contribution in [0.2, 0.25) is 0 Å². The zero-order valence-electron chi connectivity index (χ0n) is 21.0. The molecule has 0 saturated heterocycles. The summed E-state index contributed by atoms with van der Waals surface area (Å²) in [6, 6.07) is 12.9. The third-order valence-electron chi connectivity index (χ3n) is 5.06. The van der Waals surface area contributed by atoms with E-state index in [4.69, 9.17) is 18.9 Å². The van der Waals surface area contributed by atoms with Crippen molar-refractivity contribution in [3.63, 3.8) is 0 Å². The fourth-order valence-corrected chi connectivity index (χ4v) is 4.37. The molecule has 1 heterocycles. The lowest BCUT2D eigenvalue weighted by Crippen LogP contribution is -2.12. The van der Waals surface area contributed by atoms with Crippen LogP contribution in [0.5, 0.6) is 17.2 Å². The SMILES string of the molecule is CCCOc1ccc(/C=C/C(=O)Nc2scc(-c3ccc(OCC)cc3)c2C(=O)OCC)cc1OC. The number of methoxy groups -OCH3 is 1. The average Bonchev–Trinajstić information content (AvgIpc) is 3.30. The molecule has 3 aromatic rings. The minimum absolute atomic E-state index is 0.227. The van der Waals surface area contributed by atoms with E-state index >= 15 is 0 Å². The Morgan fingerprint density at radius 3 is 2.42 bits per heavy atom. The van der Waals surface area contributed by atoms with Crippen molar-refractivity contribution in [2.75, 3.05) is 32.2 Å². The minimum Gasteiger partial charge on any atom is -0.494 e. The highest BCUT2D eigenvalue weighted by atomic mass is 32.1. The van der Waals surface area contributed by atoms with E-state index in [1.165, 1.54) is 17.4 Å². The van der Waals surface area contributed by atoms with Gasteiger partial charge in [-0.15, -0.1) is 11.3 Å². The molecular formula is C28H31NO6S. The second-order valence-corrected chi connectivity index (χ2v) is 8.49. The van der Waals surface area contributed by atoms with Crippen LogP contribution in [0.1, 0.15) is 43.1 Å². The van der Waals surface area contributed by atoms with Crippen molar-refractivity contribution in [1.82, 2.24) is 0 Å². The number of amides is 1. The van der Waals surface area contributed by atoms with Gasteiger partial charge in [0.1, 0.15) is 16.3 Å². The standard InChI is InChI=1S/C28H31NO6S/c1-5-16-35-23-14-8-19(17-24(23)32-4)9-15-25(30)29-27-26(28(31)34-7-3)22(18-36-27)20-10-12-21(13-11-20)33-6-2/h8-15,17-18H,5-7,16H2,1-4H3,(H,29,30)/b15-9+. The van der Waals surface area contributed by atoms with Crippen LogP contribution >= 0.6 is 11.3 Å². The van der Waals surface area contributed by atoms with E-state index in [0.717, 1.165) is 23.3 Å². The molecule has 190 valence electrons. The molecule has 0 radical (unpaired) electrons. The Bertz CT molecular complexity index is 1200. The zero-order chi connectivity index (χ0) is 25.9. The van der Waals surface area contributed by atoms with Crippen LogP contribution in [-0.2, 0) is 9.53 Å². The Morgan fingerprint density at radius 1 is 0.972 bits per heavy atom. The summed E-state index contributed by atoms with van der Waals surface area (Å²) in [6.07, 6.45) is 3.97. The van der Waals surface area contributed by atoms with E-state index in [2.05, 4.69) is 5.32 Å². The van der Waals surface area contributed by atoms with Crippen molar-refractivity contribution >= 4 is 34.3 Å². The molecule has 7 nitrogen and oxygen atoms in total. The number of thiophene rings is 1. The Kier molecular flexibility index (Phi) is 9.94. The van der Waals surface area contributed by atoms with Crippen molar-refractivity contribution in [2.45, 2.75) is 27.2 Å². The first-order valence-corrected chi connectivity index (χ1v) is 12.7. The van der Waals surface area contributed by atoms with Gasteiger partial charge in [0, 0.05) is 17.0 Å². The summed E-state index contributed by atoms with van der Waals surface area (Å²) in [7, 11) is 1.57. The molecule has 0 saturated carbocycles. The first-order valence-electron chi connectivity index (χ1n) is 11.8. The van der Waals surface area contributed by atoms with Gasteiger partial charge in [0.25, 0.3) is 0 Å².